The van der Waals surface area contributed by atoms with Gasteiger partial charge in [0.15, 0.2) is 0 Å². The summed E-state index contributed by atoms with van der Waals surface area (Å²) in [5.41, 5.74) is -0.0330. The van der Waals surface area contributed by atoms with E-state index in [-0.39, 0.29) is 18.1 Å². The van der Waals surface area contributed by atoms with Crippen molar-refractivity contribution in [3.05, 3.63) is 11.8 Å². The lowest BCUT2D eigenvalue weighted by Gasteiger charge is -2.07. The van der Waals surface area contributed by atoms with Gasteiger partial charge in [-0.05, 0) is 14.0 Å². The highest BCUT2D eigenvalue weighted by Crippen LogP contribution is 2.17. The first-order chi connectivity index (χ1) is 8.46. The Morgan fingerprint density at radius 3 is 2.67 bits per heavy atom. The molecule has 1 heterocycles. The molecule has 0 unspecified atom stereocenters. The van der Waals surface area contributed by atoms with E-state index in [0.717, 1.165) is 6.20 Å². The molecular formula is C9H13N3O5S. The van der Waals surface area contributed by atoms with Gasteiger partial charge in [-0.25, -0.2) is 22.9 Å². The van der Waals surface area contributed by atoms with Crippen molar-refractivity contribution in [1.29, 1.82) is 0 Å². The van der Waals surface area contributed by atoms with Crippen LogP contribution in [0.25, 0.3) is 0 Å². The molecular weight excluding hydrogens is 262 g/mol. The molecule has 0 radical (unpaired) electrons. The maximum absolute atomic E-state index is 11.5. The molecule has 100 valence electrons. The predicted molar refractivity (Wildman–Crippen MR) is 60.8 cm³/mol. The fourth-order valence-electron chi connectivity index (χ4n) is 1.08. The van der Waals surface area contributed by atoms with Gasteiger partial charge in [-0.2, -0.15) is 4.98 Å². The lowest BCUT2D eigenvalue weighted by Crippen LogP contribution is -2.22. The van der Waals surface area contributed by atoms with Crippen molar-refractivity contribution < 1.29 is 22.7 Å². The summed E-state index contributed by atoms with van der Waals surface area (Å²) in [6.45, 7) is 1.82. The summed E-state index contributed by atoms with van der Waals surface area (Å²) >= 11 is 0. The van der Waals surface area contributed by atoms with Gasteiger partial charge in [0.2, 0.25) is 5.88 Å². The van der Waals surface area contributed by atoms with Crippen LogP contribution in [0.15, 0.2) is 11.4 Å². The summed E-state index contributed by atoms with van der Waals surface area (Å²) in [7, 11) is -1.30. The van der Waals surface area contributed by atoms with Crippen molar-refractivity contribution >= 4 is 16.0 Å². The number of aromatic nitrogens is 2. The third-order valence-corrected chi connectivity index (χ3v) is 3.14. The number of nitrogens with zero attached hydrogens (tertiary/aromatic N) is 2. The summed E-state index contributed by atoms with van der Waals surface area (Å²) in [4.78, 5) is 18.8. The molecule has 0 aromatic carbocycles. The Morgan fingerprint density at radius 1 is 1.50 bits per heavy atom. The SMILES string of the molecule is CCOC(=O)c1cnc(S(=O)(=O)NC)nc1OC. The van der Waals surface area contributed by atoms with Gasteiger partial charge in [0.25, 0.3) is 15.2 Å². The number of methoxy groups -OCH3 is 1. The van der Waals surface area contributed by atoms with Gasteiger partial charge < -0.3 is 9.47 Å². The first-order valence-electron chi connectivity index (χ1n) is 4.98. The monoisotopic (exact) mass is 275 g/mol. The molecule has 8 nitrogen and oxygen atoms in total. The number of hydrogen-bond acceptors (Lipinski definition) is 7. The molecule has 0 amide bonds. The molecule has 0 saturated carbocycles. The van der Waals surface area contributed by atoms with Gasteiger partial charge in [0.1, 0.15) is 5.56 Å². The first kappa shape index (κ1) is 14.3. The van der Waals surface area contributed by atoms with Gasteiger partial charge >= 0.3 is 5.97 Å². The van der Waals surface area contributed by atoms with E-state index in [9.17, 15) is 13.2 Å². The van der Waals surface area contributed by atoms with Crippen molar-refractivity contribution in [2.45, 2.75) is 12.1 Å². The average molecular weight is 275 g/mol. The van der Waals surface area contributed by atoms with Gasteiger partial charge in [0.05, 0.1) is 19.9 Å². The molecule has 0 aliphatic rings. The Bertz CT molecular complexity index is 543. The Morgan fingerprint density at radius 2 is 2.17 bits per heavy atom. The highest BCUT2D eigenvalue weighted by atomic mass is 32.2. The number of ether oxygens (including phenoxy) is 2. The summed E-state index contributed by atoms with van der Waals surface area (Å²) < 4.78 is 34.6. The molecule has 1 aromatic rings. The quantitative estimate of drug-likeness (QED) is 0.573. The maximum Gasteiger partial charge on any atom is 0.345 e. The zero-order valence-electron chi connectivity index (χ0n) is 10.1. The molecule has 0 bridgehead atoms. The molecule has 0 aliphatic heterocycles. The largest absolute Gasteiger partial charge is 0.480 e. The van der Waals surface area contributed by atoms with Crippen LogP contribution in [0.4, 0.5) is 0 Å². The van der Waals surface area contributed by atoms with E-state index in [0.29, 0.717) is 0 Å². The smallest absolute Gasteiger partial charge is 0.345 e. The van der Waals surface area contributed by atoms with Crippen LogP contribution >= 0.6 is 0 Å². The van der Waals surface area contributed by atoms with Crippen LogP contribution in [0, 0.1) is 0 Å². The molecule has 0 saturated heterocycles. The van der Waals surface area contributed by atoms with E-state index in [2.05, 4.69) is 14.7 Å². The Kier molecular flexibility index (Phi) is 4.56. The van der Waals surface area contributed by atoms with Gasteiger partial charge in [0, 0.05) is 0 Å². The minimum Gasteiger partial charge on any atom is -0.480 e. The lowest BCUT2D eigenvalue weighted by molar-refractivity contribution is 0.0520. The number of nitrogens with one attached hydrogen (secondary N) is 1. The van der Waals surface area contributed by atoms with E-state index < -0.39 is 21.1 Å². The fourth-order valence-corrected chi connectivity index (χ4v) is 1.65. The molecule has 0 atom stereocenters. The summed E-state index contributed by atoms with van der Waals surface area (Å²) in [5.74, 6) is -0.833. The topological polar surface area (TPSA) is 107 Å². The van der Waals surface area contributed by atoms with Crippen LogP contribution in [-0.2, 0) is 14.8 Å². The zero-order chi connectivity index (χ0) is 13.8. The zero-order valence-corrected chi connectivity index (χ0v) is 10.9. The van der Waals surface area contributed by atoms with Crippen LogP contribution in [0.5, 0.6) is 5.88 Å². The minimum absolute atomic E-state index is 0.0330. The number of rotatable bonds is 5. The normalized spacial score (nSPS) is 11.1. The fraction of sp³-hybridized carbons (Fsp3) is 0.444. The van der Waals surface area contributed by atoms with Gasteiger partial charge in [-0.15, -0.1) is 0 Å². The summed E-state index contributed by atoms with van der Waals surface area (Å²) in [6, 6.07) is 0. The lowest BCUT2D eigenvalue weighted by atomic mass is 10.3. The number of carbonyl (C=O) groups excluding carboxylic acids is 1. The Balaban J connectivity index is 3.24. The van der Waals surface area contributed by atoms with Crippen LogP contribution in [0.1, 0.15) is 17.3 Å². The second kappa shape index (κ2) is 5.74. The van der Waals surface area contributed by atoms with Crippen molar-refractivity contribution in [3.63, 3.8) is 0 Å². The van der Waals surface area contributed by atoms with E-state index in [1.807, 2.05) is 0 Å². The molecule has 1 aromatic heterocycles. The second-order valence-electron chi connectivity index (χ2n) is 3.00. The van der Waals surface area contributed by atoms with Crippen LogP contribution < -0.4 is 9.46 Å². The maximum atomic E-state index is 11.5. The molecule has 9 heteroatoms. The average Bonchev–Trinajstić information content (AvgIpc) is 2.38. The molecule has 1 N–H and O–H groups in total. The third-order valence-electron chi connectivity index (χ3n) is 1.93. The third kappa shape index (κ3) is 2.93. The molecule has 0 spiro atoms. The predicted octanol–water partition coefficient (Wildman–Crippen LogP) is -0.430. The van der Waals surface area contributed by atoms with Gasteiger partial charge in [-0.3, -0.25) is 0 Å². The second-order valence-corrected chi connectivity index (χ2v) is 4.78. The van der Waals surface area contributed by atoms with Crippen molar-refractivity contribution in [2.75, 3.05) is 20.8 Å². The summed E-state index contributed by atoms with van der Waals surface area (Å²) in [5, 5.41) is -0.477. The number of hydrogen-bond donors (Lipinski definition) is 1. The van der Waals surface area contributed by atoms with E-state index >= 15 is 0 Å². The number of sulfonamides is 1. The van der Waals surface area contributed by atoms with Crippen LogP contribution in [0.2, 0.25) is 0 Å². The molecule has 18 heavy (non-hydrogen) atoms. The van der Waals surface area contributed by atoms with E-state index in [1.54, 1.807) is 6.92 Å². The van der Waals surface area contributed by atoms with Crippen molar-refractivity contribution in [2.24, 2.45) is 0 Å². The van der Waals surface area contributed by atoms with Crippen molar-refractivity contribution in [3.8, 4) is 5.88 Å². The Labute approximate surface area is 104 Å². The standard InChI is InChI=1S/C9H13N3O5S/c1-4-17-8(13)6-5-11-9(12-7(6)16-3)18(14,15)10-2/h5,10H,4H2,1-3H3. The highest BCUT2D eigenvalue weighted by molar-refractivity contribution is 7.89. The highest BCUT2D eigenvalue weighted by Gasteiger charge is 2.21. The minimum atomic E-state index is -3.79. The van der Waals surface area contributed by atoms with Gasteiger partial charge in [-0.1, -0.05) is 0 Å². The van der Waals surface area contributed by atoms with E-state index in [4.69, 9.17) is 9.47 Å². The van der Waals surface area contributed by atoms with Crippen molar-refractivity contribution in [1.82, 2.24) is 14.7 Å². The number of carbonyl (C=O) groups is 1. The molecule has 0 aliphatic carbocycles. The number of esters is 1. The van der Waals surface area contributed by atoms with Crippen LogP contribution in [0.3, 0.4) is 0 Å². The first-order valence-corrected chi connectivity index (χ1v) is 6.46. The van der Waals surface area contributed by atoms with Crippen LogP contribution in [-0.4, -0.2) is 45.1 Å². The molecule has 1 rings (SSSR count). The summed E-state index contributed by atoms with van der Waals surface area (Å²) in [6.07, 6.45) is 1.05. The Hall–Kier alpha value is -1.74. The molecule has 0 fully saturated rings. The van der Waals surface area contributed by atoms with E-state index in [1.165, 1.54) is 14.2 Å².